The van der Waals surface area contributed by atoms with Crippen LogP contribution in [0.25, 0.3) is 0 Å². The summed E-state index contributed by atoms with van der Waals surface area (Å²) in [5.74, 6) is -5.42. The molecule has 12 heteroatoms. The number of carboxylic acid groups (broad SMARTS) is 4. The van der Waals surface area contributed by atoms with Gasteiger partial charge in [-0.25, -0.2) is 0 Å². The van der Waals surface area contributed by atoms with Crippen LogP contribution in [0.1, 0.15) is 11.1 Å². The molecule has 154 valence electrons. The van der Waals surface area contributed by atoms with Crippen molar-refractivity contribution in [3.8, 4) is 5.75 Å². The van der Waals surface area contributed by atoms with Gasteiger partial charge in [0.05, 0.1) is 26.2 Å². The number of benzene rings is 1. The molecule has 28 heavy (non-hydrogen) atoms. The van der Waals surface area contributed by atoms with Crippen molar-refractivity contribution in [3.63, 3.8) is 0 Å². The summed E-state index contributed by atoms with van der Waals surface area (Å²) in [6, 6.07) is 2.63. The molecular formula is C16H19ClN2O9. The van der Waals surface area contributed by atoms with Crippen LogP contribution in [0.15, 0.2) is 12.1 Å². The minimum absolute atomic E-state index is 0.121. The van der Waals surface area contributed by atoms with Gasteiger partial charge in [-0.05, 0) is 12.1 Å². The Morgan fingerprint density at radius 3 is 1.25 bits per heavy atom. The first-order valence-electron chi connectivity index (χ1n) is 7.80. The van der Waals surface area contributed by atoms with Crippen LogP contribution in [0.2, 0.25) is 5.02 Å². The second kappa shape index (κ2) is 10.4. The summed E-state index contributed by atoms with van der Waals surface area (Å²) in [7, 11) is 0. The van der Waals surface area contributed by atoms with Crippen molar-refractivity contribution >= 4 is 35.5 Å². The molecule has 1 rings (SSSR count). The lowest BCUT2D eigenvalue weighted by molar-refractivity contribution is -0.144. The van der Waals surface area contributed by atoms with Crippen molar-refractivity contribution < 1.29 is 44.7 Å². The molecule has 0 fully saturated rings. The van der Waals surface area contributed by atoms with Gasteiger partial charge in [0, 0.05) is 29.2 Å². The number of hydrogen-bond acceptors (Lipinski definition) is 7. The number of phenols is 1. The summed E-state index contributed by atoms with van der Waals surface area (Å²) < 4.78 is 0. The lowest BCUT2D eigenvalue weighted by Crippen LogP contribution is -2.34. The molecule has 0 saturated heterocycles. The number of aromatic hydroxyl groups is 1. The molecule has 0 saturated carbocycles. The number of phenolic OH excluding ortho intramolecular Hbond substituents is 1. The van der Waals surface area contributed by atoms with Gasteiger partial charge >= 0.3 is 23.9 Å². The topological polar surface area (TPSA) is 176 Å². The molecule has 0 aliphatic carbocycles. The van der Waals surface area contributed by atoms with Crippen LogP contribution in [0.4, 0.5) is 0 Å². The van der Waals surface area contributed by atoms with E-state index in [4.69, 9.17) is 32.0 Å². The van der Waals surface area contributed by atoms with E-state index in [9.17, 15) is 24.3 Å². The minimum atomic E-state index is -1.27. The first-order valence-corrected chi connectivity index (χ1v) is 8.17. The van der Waals surface area contributed by atoms with Gasteiger partial charge in [-0.1, -0.05) is 11.6 Å². The summed E-state index contributed by atoms with van der Waals surface area (Å²) in [5.41, 5.74) is 0.242. The van der Waals surface area contributed by atoms with Crippen LogP contribution in [-0.2, 0) is 32.3 Å². The molecule has 0 aromatic heterocycles. The van der Waals surface area contributed by atoms with Crippen LogP contribution >= 0.6 is 11.6 Å². The van der Waals surface area contributed by atoms with E-state index >= 15 is 0 Å². The van der Waals surface area contributed by atoms with E-state index in [2.05, 4.69) is 0 Å². The SMILES string of the molecule is O=C(O)CN(CC(=O)O)Cc1cc(Cl)cc(CN(CC(=O)O)CC(=O)O)c1O. The summed E-state index contributed by atoms with van der Waals surface area (Å²) in [4.78, 5) is 45.7. The maximum absolute atomic E-state index is 10.9. The fraction of sp³-hybridized carbons (Fsp3) is 0.375. The molecule has 1 aromatic rings. The zero-order valence-electron chi connectivity index (χ0n) is 14.5. The lowest BCUT2D eigenvalue weighted by atomic mass is 10.1. The van der Waals surface area contributed by atoms with E-state index in [-0.39, 0.29) is 35.0 Å². The van der Waals surface area contributed by atoms with Gasteiger partial charge in [0.1, 0.15) is 5.75 Å². The molecule has 5 N–H and O–H groups in total. The molecule has 0 atom stereocenters. The normalized spacial score (nSPS) is 11.0. The number of halogens is 1. The van der Waals surface area contributed by atoms with Crippen molar-refractivity contribution in [1.29, 1.82) is 0 Å². The smallest absolute Gasteiger partial charge is 0.317 e. The Bertz CT molecular complexity index is 677. The second-order valence-corrected chi connectivity index (χ2v) is 6.37. The molecule has 0 aliphatic heterocycles. The number of nitrogens with zero attached hydrogens (tertiary/aromatic N) is 2. The monoisotopic (exact) mass is 418 g/mol. The van der Waals surface area contributed by atoms with E-state index in [1.165, 1.54) is 12.1 Å². The van der Waals surface area contributed by atoms with E-state index in [0.29, 0.717) is 0 Å². The van der Waals surface area contributed by atoms with Crippen LogP contribution in [0, 0.1) is 0 Å². The van der Waals surface area contributed by atoms with Crippen molar-refractivity contribution in [2.24, 2.45) is 0 Å². The Hall–Kier alpha value is -2.89. The molecule has 0 spiro atoms. The number of aliphatic carboxylic acids is 4. The predicted octanol–water partition coefficient (Wildman–Crippen LogP) is -0.0120. The molecular weight excluding hydrogens is 400 g/mol. The second-order valence-electron chi connectivity index (χ2n) is 5.94. The van der Waals surface area contributed by atoms with Crippen molar-refractivity contribution in [2.75, 3.05) is 26.2 Å². The van der Waals surface area contributed by atoms with E-state index in [0.717, 1.165) is 9.80 Å². The van der Waals surface area contributed by atoms with Gasteiger partial charge in [0.15, 0.2) is 0 Å². The van der Waals surface area contributed by atoms with Gasteiger partial charge in [-0.2, -0.15) is 0 Å². The highest BCUT2D eigenvalue weighted by Crippen LogP contribution is 2.29. The maximum Gasteiger partial charge on any atom is 0.317 e. The molecule has 0 aliphatic rings. The van der Waals surface area contributed by atoms with Crippen molar-refractivity contribution in [3.05, 3.63) is 28.3 Å². The standard InChI is InChI=1S/C16H19ClN2O9/c17-11-1-9(3-18(5-12(20)21)6-13(22)23)16(28)10(2-11)4-19(7-14(24)25)8-15(26)27/h1-2,28H,3-8H2,(H,20,21)(H,22,23)(H,24,25)(H,26,27). The fourth-order valence-corrected chi connectivity index (χ4v) is 2.80. The summed E-state index contributed by atoms with van der Waals surface area (Å²) in [6.07, 6.45) is 0. The summed E-state index contributed by atoms with van der Waals surface area (Å²) in [5, 5.41) is 46.2. The highest BCUT2D eigenvalue weighted by Gasteiger charge is 2.20. The third-order valence-corrected chi connectivity index (χ3v) is 3.67. The third kappa shape index (κ3) is 8.20. The zero-order valence-corrected chi connectivity index (χ0v) is 15.3. The first kappa shape index (κ1) is 23.1. The third-order valence-electron chi connectivity index (χ3n) is 3.46. The fourth-order valence-electron chi connectivity index (χ4n) is 2.54. The molecule has 0 unspecified atom stereocenters. The van der Waals surface area contributed by atoms with Gasteiger partial charge in [0.2, 0.25) is 0 Å². The van der Waals surface area contributed by atoms with E-state index < -0.39 is 50.1 Å². The van der Waals surface area contributed by atoms with E-state index in [1.807, 2.05) is 0 Å². The Morgan fingerprint density at radius 1 is 0.714 bits per heavy atom. The Kier molecular flexibility index (Phi) is 8.64. The van der Waals surface area contributed by atoms with Crippen molar-refractivity contribution in [1.82, 2.24) is 9.80 Å². The largest absolute Gasteiger partial charge is 0.507 e. The van der Waals surface area contributed by atoms with Gasteiger partial charge in [-0.3, -0.25) is 29.0 Å². The zero-order chi connectivity index (χ0) is 21.4. The van der Waals surface area contributed by atoms with Gasteiger partial charge in [-0.15, -0.1) is 0 Å². The number of hydrogen-bond donors (Lipinski definition) is 5. The number of carbonyl (C=O) groups is 4. The molecule has 0 radical (unpaired) electrons. The number of carboxylic acids is 4. The average molecular weight is 419 g/mol. The predicted molar refractivity (Wildman–Crippen MR) is 94.2 cm³/mol. The van der Waals surface area contributed by atoms with Gasteiger partial charge < -0.3 is 25.5 Å². The van der Waals surface area contributed by atoms with Gasteiger partial charge in [0.25, 0.3) is 0 Å². The molecule has 0 bridgehead atoms. The Labute approximate surface area is 164 Å². The molecule has 0 heterocycles. The molecule has 1 aromatic carbocycles. The Morgan fingerprint density at radius 2 is 1.00 bits per heavy atom. The minimum Gasteiger partial charge on any atom is -0.507 e. The van der Waals surface area contributed by atoms with Crippen LogP contribution < -0.4 is 0 Å². The molecule has 0 amide bonds. The quantitative estimate of drug-likeness (QED) is 0.308. The maximum atomic E-state index is 10.9. The highest BCUT2D eigenvalue weighted by molar-refractivity contribution is 6.30. The summed E-state index contributed by atoms with van der Waals surface area (Å²) >= 11 is 6.00. The highest BCUT2D eigenvalue weighted by atomic mass is 35.5. The van der Waals surface area contributed by atoms with Crippen LogP contribution in [-0.4, -0.2) is 85.4 Å². The Balaban J connectivity index is 3.14. The van der Waals surface area contributed by atoms with E-state index in [1.54, 1.807) is 0 Å². The van der Waals surface area contributed by atoms with Crippen LogP contribution in [0.5, 0.6) is 5.75 Å². The number of rotatable bonds is 12. The van der Waals surface area contributed by atoms with Crippen molar-refractivity contribution in [2.45, 2.75) is 13.1 Å². The first-order chi connectivity index (χ1) is 13.0. The van der Waals surface area contributed by atoms with Crippen LogP contribution in [0.3, 0.4) is 0 Å². The lowest BCUT2D eigenvalue weighted by Gasteiger charge is -2.22. The summed E-state index contributed by atoms with van der Waals surface area (Å²) in [6.45, 7) is -2.91. The average Bonchev–Trinajstić information content (AvgIpc) is 2.49. The molecule has 11 nitrogen and oxygen atoms in total.